The number of fused-ring (bicyclic) bond motifs is 1. The molecule has 0 amide bonds. The zero-order valence-corrected chi connectivity index (χ0v) is 20.9. The lowest BCUT2D eigenvalue weighted by atomic mass is 9.79. The van der Waals surface area contributed by atoms with Crippen LogP contribution in [-0.4, -0.2) is 4.98 Å². The molecule has 1 nitrogen and oxygen atoms in total. The highest BCUT2D eigenvalue weighted by atomic mass is 32.1. The molecule has 0 bridgehead atoms. The molecule has 2 aromatic carbocycles. The van der Waals surface area contributed by atoms with E-state index >= 15 is 0 Å². The average molecular weight is 428 g/mol. The Morgan fingerprint density at radius 1 is 0.645 bits per heavy atom. The van der Waals surface area contributed by atoms with Gasteiger partial charge in [0.15, 0.2) is 0 Å². The molecule has 0 saturated carbocycles. The smallest absolute Gasteiger partial charge is 0.124 e. The van der Waals surface area contributed by atoms with E-state index in [4.69, 9.17) is 4.98 Å². The Morgan fingerprint density at radius 2 is 1.23 bits per heavy atom. The summed E-state index contributed by atoms with van der Waals surface area (Å²) in [4.78, 5) is 7.43. The summed E-state index contributed by atoms with van der Waals surface area (Å²) >= 11 is 1.80. The first kappa shape index (κ1) is 21.8. The number of hydrogen-bond acceptors (Lipinski definition) is 2. The second-order valence-corrected chi connectivity index (χ2v) is 11.9. The Kier molecular flexibility index (Phi) is 5.34. The molecule has 0 fully saturated rings. The molecule has 2 heteroatoms. The van der Waals surface area contributed by atoms with E-state index in [1.807, 2.05) is 0 Å². The summed E-state index contributed by atoms with van der Waals surface area (Å²) in [5, 5.41) is 1.21. The standard InChI is InChI=1S/C29H33NS/c1-18-11-19(2)13-21(12-18)25-10-9-20-16-26(31-27(20)30-25)22-14-23(28(3,4)5)17-24(15-22)29(6,7)8/h9-17H,1-8H3. The predicted octanol–water partition coefficient (Wildman–Crippen LogP) is 8.84. The molecule has 2 heterocycles. The number of hydrogen-bond donors (Lipinski definition) is 0. The van der Waals surface area contributed by atoms with Crippen molar-refractivity contribution in [1.82, 2.24) is 4.98 Å². The van der Waals surface area contributed by atoms with Gasteiger partial charge in [-0.2, -0.15) is 0 Å². The quantitative estimate of drug-likeness (QED) is 0.311. The molecule has 0 aliphatic rings. The van der Waals surface area contributed by atoms with Gasteiger partial charge in [0.1, 0.15) is 4.83 Å². The van der Waals surface area contributed by atoms with Crippen LogP contribution in [0, 0.1) is 13.8 Å². The van der Waals surface area contributed by atoms with E-state index in [-0.39, 0.29) is 10.8 Å². The first-order valence-electron chi connectivity index (χ1n) is 11.1. The normalized spacial score (nSPS) is 12.5. The zero-order valence-electron chi connectivity index (χ0n) is 20.1. The van der Waals surface area contributed by atoms with Gasteiger partial charge in [0.2, 0.25) is 0 Å². The molecule has 2 aromatic heterocycles. The number of thiophene rings is 1. The summed E-state index contributed by atoms with van der Waals surface area (Å²) in [5.41, 5.74) is 9.09. The van der Waals surface area contributed by atoms with Crippen molar-refractivity contribution in [2.75, 3.05) is 0 Å². The summed E-state index contributed by atoms with van der Waals surface area (Å²) in [6.07, 6.45) is 0. The van der Waals surface area contributed by atoms with E-state index in [9.17, 15) is 0 Å². The van der Waals surface area contributed by atoms with E-state index in [0.29, 0.717) is 0 Å². The van der Waals surface area contributed by atoms with Gasteiger partial charge in [-0.1, -0.05) is 64.8 Å². The monoisotopic (exact) mass is 427 g/mol. The Morgan fingerprint density at radius 3 is 1.77 bits per heavy atom. The summed E-state index contributed by atoms with van der Waals surface area (Å²) in [6, 6.07) is 20.4. The van der Waals surface area contributed by atoms with E-state index in [1.165, 1.54) is 43.6 Å². The van der Waals surface area contributed by atoms with Crippen LogP contribution in [0.1, 0.15) is 63.8 Å². The molecule has 0 N–H and O–H groups in total. The Balaban J connectivity index is 1.83. The van der Waals surface area contributed by atoms with Crippen LogP contribution in [0.25, 0.3) is 31.9 Å². The Bertz CT molecular complexity index is 1210. The number of benzene rings is 2. The lowest BCUT2D eigenvalue weighted by Crippen LogP contribution is -2.16. The van der Waals surface area contributed by atoms with Gasteiger partial charge in [-0.05, 0) is 83.8 Å². The number of rotatable bonds is 2. The van der Waals surface area contributed by atoms with Crippen LogP contribution in [0.15, 0.2) is 54.6 Å². The third kappa shape index (κ3) is 4.60. The van der Waals surface area contributed by atoms with Crippen LogP contribution in [0.5, 0.6) is 0 Å². The van der Waals surface area contributed by atoms with Crippen LogP contribution >= 0.6 is 11.3 Å². The number of aromatic nitrogens is 1. The van der Waals surface area contributed by atoms with E-state index < -0.39 is 0 Å². The minimum Gasteiger partial charge on any atom is -0.237 e. The highest BCUT2D eigenvalue weighted by Crippen LogP contribution is 2.38. The van der Waals surface area contributed by atoms with Crippen molar-refractivity contribution in [2.24, 2.45) is 0 Å². The van der Waals surface area contributed by atoms with E-state index in [1.54, 1.807) is 11.3 Å². The summed E-state index contributed by atoms with van der Waals surface area (Å²) in [6.45, 7) is 18.0. The molecule has 160 valence electrons. The largest absolute Gasteiger partial charge is 0.237 e. The molecule has 0 saturated heterocycles. The van der Waals surface area contributed by atoms with Crippen molar-refractivity contribution in [1.29, 1.82) is 0 Å². The summed E-state index contributed by atoms with van der Waals surface area (Å²) in [7, 11) is 0. The average Bonchev–Trinajstić information content (AvgIpc) is 3.09. The van der Waals surface area contributed by atoms with Gasteiger partial charge in [-0.15, -0.1) is 11.3 Å². The maximum atomic E-state index is 5.03. The maximum absolute atomic E-state index is 5.03. The lowest BCUT2D eigenvalue weighted by molar-refractivity contribution is 0.569. The van der Waals surface area contributed by atoms with Crippen molar-refractivity contribution < 1.29 is 0 Å². The molecule has 0 spiro atoms. The molecule has 0 aliphatic heterocycles. The van der Waals surface area contributed by atoms with Crippen LogP contribution in [0.3, 0.4) is 0 Å². The van der Waals surface area contributed by atoms with Gasteiger partial charge >= 0.3 is 0 Å². The molecule has 0 unspecified atom stereocenters. The first-order chi connectivity index (χ1) is 14.4. The molecule has 31 heavy (non-hydrogen) atoms. The minimum absolute atomic E-state index is 0.112. The van der Waals surface area contributed by atoms with E-state index in [0.717, 1.165) is 10.5 Å². The molecule has 0 aliphatic carbocycles. The highest BCUT2D eigenvalue weighted by Gasteiger charge is 2.21. The minimum atomic E-state index is 0.112. The SMILES string of the molecule is Cc1cc(C)cc(-c2ccc3cc(-c4cc(C(C)(C)C)cc(C(C)(C)C)c4)sc3n2)c1. The van der Waals surface area contributed by atoms with Crippen molar-refractivity contribution >= 4 is 21.6 Å². The van der Waals surface area contributed by atoms with Gasteiger partial charge in [-0.25, -0.2) is 4.98 Å². The Hall–Kier alpha value is -2.45. The fourth-order valence-corrected chi connectivity index (χ4v) is 5.00. The first-order valence-corrected chi connectivity index (χ1v) is 11.9. The second-order valence-electron chi connectivity index (χ2n) is 10.9. The van der Waals surface area contributed by atoms with E-state index in [2.05, 4.69) is 110 Å². The van der Waals surface area contributed by atoms with Crippen molar-refractivity contribution in [3.8, 4) is 21.7 Å². The molecule has 0 atom stereocenters. The molecule has 4 aromatic rings. The van der Waals surface area contributed by atoms with Crippen LogP contribution in [-0.2, 0) is 10.8 Å². The van der Waals surface area contributed by atoms with Gasteiger partial charge in [0.05, 0.1) is 5.69 Å². The van der Waals surface area contributed by atoms with Crippen LogP contribution in [0.2, 0.25) is 0 Å². The molecule has 0 radical (unpaired) electrons. The van der Waals surface area contributed by atoms with Gasteiger partial charge in [-0.3, -0.25) is 0 Å². The van der Waals surface area contributed by atoms with Crippen molar-refractivity contribution in [3.63, 3.8) is 0 Å². The Labute approximate surface area is 191 Å². The number of pyridine rings is 1. The molecule has 4 rings (SSSR count). The third-order valence-corrected chi connectivity index (χ3v) is 6.94. The predicted molar refractivity (Wildman–Crippen MR) is 137 cm³/mol. The number of nitrogens with zero attached hydrogens (tertiary/aromatic N) is 1. The third-order valence-electron chi connectivity index (χ3n) is 5.85. The zero-order chi connectivity index (χ0) is 22.6. The molecular weight excluding hydrogens is 394 g/mol. The topological polar surface area (TPSA) is 12.9 Å². The second kappa shape index (κ2) is 7.60. The van der Waals surface area contributed by atoms with Gasteiger partial charge in [0.25, 0.3) is 0 Å². The highest BCUT2D eigenvalue weighted by molar-refractivity contribution is 7.21. The van der Waals surface area contributed by atoms with Crippen molar-refractivity contribution in [2.45, 2.75) is 66.2 Å². The van der Waals surface area contributed by atoms with Crippen molar-refractivity contribution in [3.05, 3.63) is 76.9 Å². The lowest BCUT2D eigenvalue weighted by Gasteiger charge is -2.26. The van der Waals surface area contributed by atoms with Crippen LogP contribution < -0.4 is 0 Å². The summed E-state index contributed by atoms with van der Waals surface area (Å²) in [5.74, 6) is 0. The van der Waals surface area contributed by atoms with Gasteiger partial charge < -0.3 is 0 Å². The maximum Gasteiger partial charge on any atom is 0.124 e. The fourth-order valence-electron chi connectivity index (χ4n) is 3.98. The van der Waals surface area contributed by atoms with Crippen LogP contribution in [0.4, 0.5) is 0 Å². The molecular formula is C29H33NS. The van der Waals surface area contributed by atoms with Gasteiger partial charge in [0, 0.05) is 15.8 Å². The fraction of sp³-hybridized carbons (Fsp3) is 0.345. The number of aryl methyl sites for hydroxylation is 2. The summed E-state index contributed by atoms with van der Waals surface area (Å²) < 4.78 is 0.